The fraction of sp³-hybridized carbons (Fsp3) is 0.485. The average Bonchev–Trinajstić information content (AvgIpc) is 3.68. The van der Waals surface area contributed by atoms with Crippen LogP contribution in [0.4, 0.5) is 10.5 Å². The van der Waals surface area contributed by atoms with Gasteiger partial charge >= 0.3 is 6.09 Å². The van der Waals surface area contributed by atoms with Crippen molar-refractivity contribution in [3.63, 3.8) is 0 Å². The maximum absolute atomic E-state index is 13.5. The summed E-state index contributed by atoms with van der Waals surface area (Å²) in [4.78, 5) is 38.5. The molecule has 0 saturated carbocycles. The van der Waals surface area contributed by atoms with Gasteiger partial charge in [-0.05, 0) is 96.0 Å². The van der Waals surface area contributed by atoms with Gasteiger partial charge in [0.2, 0.25) is 17.4 Å². The molecular formula is C33H39N5O5. The van der Waals surface area contributed by atoms with E-state index in [0.717, 1.165) is 55.5 Å². The predicted octanol–water partition coefficient (Wildman–Crippen LogP) is 6.98. The van der Waals surface area contributed by atoms with Crippen molar-refractivity contribution in [3.05, 3.63) is 58.9 Å². The molecule has 226 valence electrons. The van der Waals surface area contributed by atoms with Gasteiger partial charge in [0.05, 0.1) is 18.7 Å². The number of amides is 2. The fourth-order valence-electron chi connectivity index (χ4n) is 5.73. The second-order valence-electron chi connectivity index (χ2n) is 12.4. The number of carbonyl (C=O) groups excluding carboxylic acids is 2. The van der Waals surface area contributed by atoms with Crippen molar-refractivity contribution in [1.29, 1.82) is 0 Å². The average molecular weight is 586 g/mol. The third-order valence-electron chi connectivity index (χ3n) is 7.60. The number of carbonyl (C=O) groups is 2. The highest BCUT2D eigenvalue weighted by atomic mass is 16.6. The molecule has 1 saturated heterocycles. The second kappa shape index (κ2) is 12.5. The van der Waals surface area contributed by atoms with Gasteiger partial charge < -0.3 is 18.9 Å². The minimum atomic E-state index is -0.696. The van der Waals surface area contributed by atoms with Gasteiger partial charge in [0.15, 0.2) is 0 Å². The van der Waals surface area contributed by atoms with Crippen LogP contribution in [-0.4, -0.2) is 63.3 Å². The maximum atomic E-state index is 13.5. The molecule has 5 rings (SSSR count). The normalized spacial score (nSPS) is 16.5. The van der Waals surface area contributed by atoms with Gasteiger partial charge in [-0.3, -0.25) is 9.69 Å². The summed E-state index contributed by atoms with van der Waals surface area (Å²) in [5.41, 5.74) is 3.10. The fourth-order valence-corrected chi connectivity index (χ4v) is 5.73. The van der Waals surface area contributed by atoms with E-state index in [1.165, 1.54) is 0 Å². The minimum Gasteiger partial charge on any atom is -0.502 e. The molecule has 10 nitrogen and oxygen atoms in total. The molecule has 2 aliphatic rings. The van der Waals surface area contributed by atoms with E-state index in [2.05, 4.69) is 10.0 Å². The topological polar surface area (TPSA) is 102 Å². The number of ether oxygens (including phenoxy) is 2. The number of fused-ring (bicyclic) bond motifs is 1. The number of nitrogens with zero attached hydrogens (tertiary/aromatic N) is 5. The molecule has 0 unspecified atom stereocenters. The van der Waals surface area contributed by atoms with E-state index in [-0.39, 0.29) is 24.6 Å². The highest BCUT2D eigenvalue weighted by molar-refractivity contribution is 5.83. The van der Waals surface area contributed by atoms with Gasteiger partial charge in [0, 0.05) is 24.2 Å². The lowest BCUT2D eigenvalue weighted by molar-refractivity contribution is -0.132. The Kier molecular flexibility index (Phi) is 8.71. The molecule has 2 aromatic carbocycles. The summed E-state index contributed by atoms with van der Waals surface area (Å²) in [5, 5.41) is 4.29. The maximum Gasteiger partial charge on any atom is 0.411 e. The van der Waals surface area contributed by atoms with Crippen LogP contribution in [0.1, 0.15) is 77.5 Å². The summed E-state index contributed by atoms with van der Waals surface area (Å²) in [5.74, 6) is 1.18. The third kappa shape index (κ3) is 6.82. The van der Waals surface area contributed by atoms with Crippen molar-refractivity contribution in [2.75, 3.05) is 19.6 Å². The Morgan fingerprint density at radius 3 is 2.63 bits per heavy atom. The quantitative estimate of drug-likeness (QED) is 0.276. The van der Waals surface area contributed by atoms with Gasteiger partial charge in [0.1, 0.15) is 17.9 Å². The predicted molar refractivity (Wildman–Crippen MR) is 162 cm³/mol. The molecule has 0 radical (unpaired) electrons. The first-order chi connectivity index (χ1) is 20.5. The molecule has 1 fully saturated rings. The zero-order chi connectivity index (χ0) is 30.7. The summed E-state index contributed by atoms with van der Waals surface area (Å²) in [6, 6.07) is 10.8. The lowest BCUT2D eigenvalue weighted by atomic mass is 9.84. The summed E-state index contributed by atoms with van der Waals surface area (Å²) in [6.45, 7) is 18.3. The van der Waals surface area contributed by atoms with Crippen LogP contribution in [0, 0.1) is 6.57 Å². The molecule has 2 amide bonds. The van der Waals surface area contributed by atoms with Gasteiger partial charge in [-0.25, -0.2) is 9.64 Å². The molecule has 1 aliphatic carbocycles. The van der Waals surface area contributed by atoms with Crippen LogP contribution >= 0.6 is 0 Å². The van der Waals surface area contributed by atoms with Crippen LogP contribution in [-0.2, 0) is 16.0 Å². The molecule has 1 atom stereocenters. The smallest absolute Gasteiger partial charge is 0.411 e. The van der Waals surface area contributed by atoms with Crippen molar-refractivity contribution in [2.45, 2.75) is 84.5 Å². The molecule has 3 aromatic rings. The van der Waals surface area contributed by atoms with E-state index < -0.39 is 11.7 Å². The first-order valence-corrected chi connectivity index (χ1v) is 15.0. The Labute approximate surface area is 252 Å². The molecule has 0 spiro atoms. The van der Waals surface area contributed by atoms with Crippen molar-refractivity contribution in [3.8, 4) is 28.6 Å². The molecular weight excluding hydrogens is 546 g/mol. The van der Waals surface area contributed by atoms with Crippen LogP contribution in [0.15, 0.2) is 40.9 Å². The zero-order valence-corrected chi connectivity index (χ0v) is 25.6. The monoisotopic (exact) mass is 585 g/mol. The summed E-state index contributed by atoms with van der Waals surface area (Å²) in [6.07, 6.45) is 3.72. The Hall–Kier alpha value is -4.39. The van der Waals surface area contributed by atoms with E-state index in [0.29, 0.717) is 35.1 Å². The van der Waals surface area contributed by atoms with Gasteiger partial charge in [-0.1, -0.05) is 23.4 Å². The lowest BCUT2D eigenvalue weighted by Crippen LogP contribution is -2.46. The van der Waals surface area contributed by atoms with E-state index in [1.54, 1.807) is 23.1 Å². The molecule has 0 N–H and O–H groups in total. The standard InChI is InChI=1S/C33H39N5O5/c1-21(2)41-28-16-15-22(19-26(28)34-6)31-35-30(36-43-31)25-13-9-12-24-23(25)11-10-14-27(24)38(32(40)42-33(3,4)5)20-29(39)37-17-7-8-18-37/h9,12-13,15-16,19,21,27H,7-8,10-11,14,17-18,20H2,1-5H3/t27-/m0/s1. The van der Waals surface area contributed by atoms with Crippen LogP contribution < -0.4 is 4.74 Å². The summed E-state index contributed by atoms with van der Waals surface area (Å²) >= 11 is 0. The molecule has 0 bridgehead atoms. The Morgan fingerprint density at radius 1 is 1.16 bits per heavy atom. The molecule has 1 aliphatic heterocycles. The SMILES string of the molecule is [C-]#[N+]c1cc(-c2nc(-c3cccc4c3CCC[C@@H]4N(CC(=O)N3CCCC3)C(=O)OC(C)(C)C)no2)ccc1OC(C)C. The van der Waals surface area contributed by atoms with Crippen molar-refractivity contribution >= 4 is 17.7 Å². The number of likely N-dealkylation sites (tertiary alicyclic amines) is 1. The Balaban J connectivity index is 1.46. The van der Waals surface area contributed by atoms with Crippen LogP contribution in [0.25, 0.3) is 27.7 Å². The molecule has 1 aromatic heterocycles. The second-order valence-corrected chi connectivity index (χ2v) is 12.4. The van der Waals surface area contributed by atoms with Gasteiger partial charge in [-0.15, -0.1) is 0 Å². The van der Waals surface area contributed by atoms with E-state index in [4.69, 9.17) is 25.6 Å². The van der Waals surface area contributed by atoms with Crippen LogP contribution in [0.3, 0.4) is 0 Å². The summed E-state index contributed by atoms with van der Waals surface area (Å²) < 4.78 is 17.2. The third-order valence-corrected chi connectivity index (χ3v) is 7.60. The summed E-state index contributed by atoms with van der Waals surface area (Å²) in [7, 11) is 0. The number of aromatic nitrogens is 2. The Morgan fingerprint density at radius 2 is 1.93 bits per heavy atom. The van der Waals surface area contributed by atoms with E-state index in [1.807, 2.05) is 57.7 Å². The molecule has 43 heavy (non-hydrogen) atoms. The van der Waals surface area contributed by atoms with Crippen LogP contribution in [0.2, 0.25) is 0 Å². The van der Waals surface area contributed by atoms with Crippen LogP contribution in [0.5, 0.6) is 5.75 Å². The van der Waals surface area contributed by atoms with Crippen molar-refractivity contribution in [1.82, 2.24) is 19.9 Å². The zero-order valence-electron chi connectivity index (χ0n) is 25.6. The largest absolute Gasteiger partial charge is 0.502 e. The molecule has 10 heteroatoms. The number of rotatable bonds is 7. The Bertz CT molecular complexity index is 1530. The van der Waals surface area contributed by atoms with Gasteiger partial charge in [0.25, 0.3) is 5.89 Å². The van der Waals surface area contributed by atoms with Gasteiger partial charge in [-0.2, -0.15) is 4.98 Å². The minimum absolute atomic E-state index is 0.0322. The van der Waals surface area contributed by atoms with E-state index in [9.17, 15) is 9.59 Å². The number of benzene rings is 2. The number of hydrogen-bond acceptors (Lipinski definition) is 7. The first-order valence-electron chi connectivity index (χ1n) is 15.0. The first kappa shape index (κ1) is 30.1. The lowest BCUT2D eigenvalue weighted by Gasteiger charge is -2.37. The highest BCUT2D eigenvalue weighted by Gasteiger charge is 2.36. The number of hydrogen-bond donors (Lipinski definition) is 0. The van der Waals surface area contributed by atoms with E-state index >= 15 is 0 Å². The molecule has 2 heterocycles. The van der Waals surface area contributed by atoms with Crippen molar-refractivity contribution < 1.29 is 23.6 Å². The van der Waals surface area contributed by atoms with Crippen molar-refractivity contribution in [2.24, 2.45) is 0 Å². The highest BCUT2D eigenvalue weighted by Crippen LogP contribution is 2.40.